The quantitative estimate of drug-likeness (QED) is 0.647. The van der Waals surface area contributed by atoms with Crippen molar-refractivity contribution in [3.63, 3.8) is 0 Å². The van der Waals surface area contributed by atoms with Gasteiger partial charge in [0.05, 0.1) is 0 Å². The van der Waals surface area contributed by atoms with E-state index in [-0.39, 0.29) is 0 Å². The molecular formula is C11H25N. The van der Waals surface area contributed by atoms with Gasteiger partial charge in [-0.1, -0.05) is 34.1 Å². The Morgan fingerprint density at radius 3 is 1.92 bits per heavy atom. The molecule has 0 aromatic carbocycles. The van der Waals surface area contributed by atoms with Gasteiger partial charge < -0.3 is 5.32 Å². The molecule has 0 amide bonds. The summed E-state index contributed by atoms with van der Waals surface area (Å²) in [5.41, 5.74) is 0. The first-order valence-corrected chi connectivity index (χ1v) is 5.35. The first-order valence-electron chi connectivity index (χ1n) is 5.35. The van der Waals surface area contributed by atoms with E-state index in [1.807, 2.05) is 0 Å². The van der Waals surface area contributed by atoms with Crippen molar-refractivity contribution in [2.45, 2.75) is 53.5 Å². The number of hydrogen-bond donors (Lipinski definition) is 1. The summed E-state index contributed by atoms with van der Waals surface area (Å²) >= 11 is 0. The van der Waals surface area contributed by atoms with Gasteiger partial charge in [0, 0.05) is 6.04 Å². The highest BCUT2D eigenvalue weighted by Crippen LogP contribution is 2.13. The third-order valence-corrected chi connectivity index (χ3v) is 3.02. The summed E-state index contributed by atoms with van der Waals surface area (Å²) in [6.07, 6.45) is 2.52. The van der Waals surface area contributed by atoms with Crippen LogP contribution < -0.4 is 5.32 Å². The summed E-state index contributed by atoms with van der Waals surface area (Å²) in [4.78, 5) is 0. The van der Waals surface area contributed by atoms with E-state index >= 15 is 0 Å². The Bertz CT molecular complexity index is 101. The molecule has 0 aromatic heterocycles. The van der Waals surface area contributed by atoms with E-state index in [2.05, 4.69) is 39.9 Å². The van der Waals surface area contributed by atoms with Gasteiger partial charge in [-0.3, -0.25) is 0 Å². The summed E-state index contributed by atoms with van der Waals surface area (Å²) in [7, 11) is 0. The van der Waals surface area contributed by atoms with Gasteiger partial charge in [-0.25, -0.2) is 0 Å². The second kappa shape index (κ2) is 6.47. The van der Waals surface area contributed by atoms with Crippen molar-refractivity contribution in [2.75, 3.05) is 6.54 Å². The Balaban J connectivity index is 3.49. The van der Waals surface area contributed by atoms with Gasteiger partial charge in [0.25, 0.3) is 0 Å². The lowest BCUT2D eigenvalue weighted by molar-refractivity contribution is 0.342. The van der Waals surface area contributed by atoms with Crippen LogP contribution in [0.2, 0.25) is 0 Å². The van der Waals surface area contributed by atoms with Crippen molar-refractivity contribution in [1.82, 2.24) is 5.32 Å². The molecule has 0 spiro atoms. The third-order valence-electron chi connectivity index (χ3n) is 3.02. The molecule has 0 rings (SSSR count). The lowest BCUT2D eigenvalue weighted by Crippen LogP contribution is -2.31. The van der Waals surface area contributed by atoms with Crippen LogP contribution in [0.25, 0.3) is 0 Å². The van der Waals surface area contributed by atoms with Crippen LogP contribution in [0.5, 0.6) is 0 Å². The van der Waals surface area contributed by atoms with Crippen molar-refractivity contribution < 1.29 is 0 Å². The zero-order chi connectivity index (χ0) is 9.56. The summed E-state index contributed by atoms with van der Waals surface area (Å²) < 4.78 is 0. The molecule has 0 bridgehead atoms. The highest BCUT2D eigenvalue weighted by atomic mass is 14.9. The van der Waals surface area contributed by atoms with E-state index in [0.717, 1.165) is 11.8 Å². The molecule has 0 radical (unpaired) electrons. The van der Waals surface area contributed by atoms with Crippen LogP contribution in [0.15, 0.2) is 0 Å². The molecule has 0 fully saturated rings. The lowest BCUT2D eigenvalue weighted by Gasteiger charge is -2.21. The van der Waals surface area contributed by atoms with E-state index in [0.29, 0.717) is 6.04 Å². The Labute approximate surface area is 77.9 Å². The average molecular weight is 171 g/mol. The topological polar surface area (TPSA) is 12.0 Å². The van der Waals surface area contributed by atoms with Gasteiger partial charge in [-0.2, -0.15) is 0 Å². The van der Waals surface area contributed by atoms with Gasteiger partial charge in [-0.15, -0.1) is 0 Å². The maximum Gasteiger partial charge on any atom is 0.00362 e. The van der Waals surface area contributed by atoms with Crippen LogP contribution in [-0.4, -0.2) is 12.6 Å². The van der Waals surface area contributed by atoms with Gasteiger partial charge in [-0.05, 0) is 31.7 Å². The first-order chi connectivity index (χ1) is 5.61. The fraction of sp³-hybridized carbons (Fsp3) is 1.00. The van der Waals surface area contributed by atoms with Gasteiger partial charge in [0.1, 0.15) is 0 Å². The smallest absolute Gasteiger partial charge is 0.00362 e. The molecule has 1 nitrogen and oxygen atoms in total. The zero-order valence-corrected chi connectivity index (χ0v) is 9.35. The van der Waals surface area contributed by atoms with Gasteiger partial charge >= 0.3 is 0 Å². The maximum atomic E-state index is 3.55. The molecule has 0 heterocycles. The standard InChI is InChI=1S/C11H25N/c1-6-9(3)10(4)8-12-11(5)7-2/h9-12H,6-8H2,1-5H3/t9-,10+,11?/m1/s1. The number of nitrogens with one attached hydrogen (secondary N) is 1. The molecule has 12 heavy (non-hydrogen) atoms. The predicted octanol–water partition coefficient (Wildman–Crippen LogP) is 3.06. The summed E-state index contributed by atoms with van der Waals surface area (Å²) in [5.74, 6) is 1.66. The molecule has 0 aliphatic rings. The van der Waals surface area contributed by atoms with Gasteiger partial charge in [0.15, 0.2) is 0 Å². The number of hydrogen-bond acceptors (Lipinski definition) is 1. The molecule has 0 aromatic rings. The Morgan fingerprint density at radius 1 is 0.917 bits per heavy atom. The number of rotatable bonds is 6. The van der Waals surface area contributed by atoms with Crippen molar-refractivity contribution in [2.24, 2.45) is 11.8 Å². The molecule has 3 atom stereocenters. The summed E-state index contributed by atoms with van der Waals surface area (Å²) in [6.45, 7) is 12.6. The summed E-state index contributed by atoms with van der Waals surface area (Å²) in [6, 6.07) is 0.677. The Hall–Kier alpha value is -0.0400. The SMILES string of the molecule is CCC(C)NC[C@H](C)[C@H](C)CC. The highest BCUT2D eigenvalue weighted by molar-refractivity contribution is 4.66. The minimum atomic E-state index is 0.677. The van der Waals surface area contributed by atoms with Crippen LogP contribution in [0.4, 0.5) is 0 Å². The fourth-order valence-corrected chi connectivity index (χ4v) is 1.13. The van der Waals surface area contributed by atoms with E-state index in [9.17, 15) is 0 Å². The maximum absolute atomic E-state index is 3.55. The van der Waals surface area contributed by atoms with Crippen LogP contribution in [-0.2, 0) is 0 Å². The van der Waals surface area contributed by atoms with Crippen LogP contribution in [0.1, 0.15) is 47.5 Å². The monoisotopic (exact) mass is 171 g/mol. The molecule has 74 valence electrons. The van der Waals surface area contributed by atoms with Crippen molar-refractivity contribution in [3.8, 4) is 0 Å². The van der Waals surface area contributed by atoms with Crippen molar-refractivity contribution in [1.29, 1.82) is 0 Å². The van der Waals surface area contributed by atoms with E-state index in [1.54, 1.807) is 0 Å². The normalized spacial score (nSPS) is 18.8. The third kappa shape index (κ3) is 4.76. The van der Waals surface area contributed by atoms with Gasteiger partial charge in [0.2, 0.25) is 0 Å². The minimum Gasteiger partial charge on any atom is -0.314 e. The first kappa shape index (κ1) is 12.0. The average Bonchev–Trinajstić information content (AvgIpc) is 2.11. The lowest BCUT2D eigenvalue weighted by atomic mass is 9.93. The second-order valence-corrected chi connectivity index (χ2v) is 4.08. The van der Waals surface area contributed by atoms with Crippen LogP contribution in [0, 0.1) is 11.8 Å². The largest absolute Gasteiger partial charge is 0.314 e. The molecule has 0 aliphatic carbocycles. The Morgan fingerprint density at radius 2 is 1.50 bits per heavy atom. The van der Waals surface area contributed by atoms with Crippen LogP contribution >= 0.6 is 0 Å². The zero-order valence-electron chi connectivity index (χ0n) is 9.35. The van der Waals surface area contributed by atoms with Crippen molar-refractivity contribution in [3.05, 3.63) is 0 Å². The molecule has 0 saturated heterocycles. The predicted molar refractivity (Wildman–Crippen MR) is 56.4 cm³/mol. The molecular weight excluding hydrogens is 146 g/mol. The molecule has 1 unspecified atom stereocenters. The van der Waals surface area contributed by atoms with Crippen LogP contribution in [0.3, 0.4) is 0 Å². The van der Waals surface area contributed by atoms with E-state index in [1.165, 1.54) is 19.4 Å². The fourth-order valence-electron chi connectivity index (χ4n) is 1.13. The Kier molecular flexibility index (Phi) is 6.45. The van der Waals surface area contributed by atoms with E-state index in [4.69, 9.17) is 0 Å². The van der Waals surface area contributed by atoms with Crippen molar-refractivity contribution >= 4 is 0 Å². The molecule has 0 aliphatic heterocycles. The molecule has 1 N–H and O–H groups in total. The second-order valence-electron chi connectivity index (χ2n) is 4.08. The summed E-state index contributed by atoms with van der Waals surface area (Å²) in [5, 5.41) is 3.55. The van der Waals surface area contributed by atoms with E-state index < -0.39 is 0 Å². The minimum absolute atomic E-state index is 0.677. The molecule has 0 saturated carbocycles. The molecule has 1 heteroatoms. The highest BCUT2D eigenvalue weighted by Gasteiger charge is 2.10.